The fraction of sp³-hybridized carbons (Fsp3) is 0.500. The summed E-state index contributed by atoms with van der Waals surface area (Å²) < 4.78 is 17.0. The van der Waals surface area contributed by atoms with Crippen molar-refractivity contribution in [2.24, 2.45) is 5.73 Å². The van der Waals surface area contributed by atoms with Crippen molar-refractivity contribution in [1.29, 1.82) is 0 Å². The van der Waals surface area contributed by atoms with Gasteiger partial charge in [0.25, 0.3) is 0 Å². The number of unbranched alkanes of at least 4 members (excludes halogenated alkanes) is 3. The van der Waals surface area contributed by atoms with Gasteiger partial charge in [0.1, 0.15) is 22.7 Å². The Morgan fingerprint density at radius 1 is 1.05 bits per heavy atom. The molecule has 0 radical (unpaired) electrons. The van der Waals surface area contributed by atoms with Crippen LogP contribution in [0.25, 0.3) is 0 Å². The lowest BCUT2D eigenvalue weighted by molar-refractivity contribution is -0.136. The zero-order valence-electron chi connectivity index (χ0n) is 22.6. The van der Waals surface area contributed by atoms with Crippen molar-refractivity contribution < 1.29 is 28.9 Å². The van der Waals surface area contributed by atoms with Crippen molar-refractivity contribution >= 4 is 35.1 Å². The van der Waals surface area contributed by atoms with Gasteiger partial charge in [-0.3, -0.25) is 4.79 Å². The monoisotopic (exact) mass is 530 g/mol. The number of carbonyl (C=O) groups is 2. The van der Waals surface area contributed by atoms with Crippen LogP contribution >= 0.6 is 11.8 Å². The van der Waals surface area contributed by atoms with Gasteiger partial charge >= 0.3 is 11.9 Å². The van der Waals surface area contributed by atoms with Crippen LogP contribution in [-0.4, -0.2) is 43.4 Å². The summed E-state index contributed by atoms with van der Waals surface area (Å²) >= 11 is 1.35. The van der Waals surface area contributed by atoms with E-state index in [2.05, 4.69) is 11.8 Å². The molecule has 0 saturated heterocycles. The Hall–Kier alpha value is -2.91. The van der Waals surface area contributed by atoms with Crippen LogP contribution in [0, 0.1) is 0 Å². The number of aliphatic carboxylic acids is 1. The van der Waals surface area contributed by atoms with Gasteiger partial charge in [-0.1, -0.05) is 37.9 Å². The number of hydrogen-bond donors (Lipinski definition) is 2. The van der Waals surface area contributed by atoms with Gasteiger partial charge in [-0.05, 0) is 51.0 Å². The van der Waals surface area contributed by atoms with Crippen LogP contribution in [0.2, 0.25) is 0 Å². The Bertz CT molecular complexity index is 1160. The molecular formula is C28H38N2O6S. The van der Waals surface area contributed by atoms with Gasteiger partial charge in [-0.15, -0.1) is 0 Å². The van der Waals surface area contributed by atoms with Crippen LogP contribution in [-0.2, 0) is 22.5 Å². The van der Waals surface area contributed by atoms with Crippen LogP contribution < -0.4 is 20.1 Å². The van der Waals surface area contributed by atoms with E-state index in [-0.39, 0.29) is 13.0 Å². The number of nitrogens with zero attached hydrogens (tertiary/aromatic N) is 1. The van der Waals surface area contributed by atoms with Crippen molar-refractivity contribution in [3.8, 4) is 11.5 Å². The molecule has 202 valence electrons. The fourth-order valence-electron chi connectivity index (χ4n) is 4.49. The lowest BCUT2D eigenvalue weighted by Gasteiger charge is -2.37. The Morgan fingerprint density at radius 3 is 2.32 bits per heavy atom. The topological polar surface area (TPSA) is 111 Å². The molecule has 0 aromatic heterocycles. The number of rotatable bonds is 11. The van der Waals surface area contributed by atoms with Crippen molar-refractivity contribution in [1.82, 2.24) is 0 Å². The minimum absolute atomic E-state index is 0.228. The lowest BCUT2D eigenvalue weighted by atomic mass is 10.0. The number of benzene rings is 2. The van der Waals surface area contributed by atoms with E-state index in [4.69, 9.17) is 19.9 Å². The lowest BCUT2D eigenvalue weighted by Crippen LogP contribution is -2.28. The van der Waals surface area contributed by atoms with Crippen molar-refractivity contribution in [3.63, 3.8) is 0 Å². The first-order valence-electron chi connectivity index (χ1n) is 12.6. The predicted octanol–water partition coefficient (Wildman–Crippen LogP) is 5.93. The van der Waals surface area contributed by atoms with E-state index in [1.165, 1.54) is 26.0 Å². The van der Waals surface area contributed by atoms with Crippen molar-refractivity contribution in [2.45, 2.75) is 81.7 Å². The van der Waals surface area contributed by atoms with Gasteiger partial charge in [0, 0.05) is 23.5 Å². The van der Waals surface area contributed by atoms with Gasteiger partial charge in [0.2, 0.25) is 0 Å². The molecule has 3 rings (SSSR count). The summed E-state index contributed by atoms with van der Waals surface area (Å²) in [6.07, 6.45) is 3.97. The zero-order valence-corrected chi connectivity index (χ0v) is 23.4. The number of esters is 1. The minimum atomic E-state index is -0.972. The maximum absolute atomic E-state index is 13.5. The highest BCUT2D eigenvalue weighted by Crippen LogP contribution is 2.55. The number of carboxylic acids is 1. The molecule has 0 unspecified atom stereocenters. The molecule has 0 aliphatic carbocycles. The first-order chi connectivity index (χ1) is 17.6. The second-order valence-corrected chi connectivity index (χ2v) is 11.0. The van der Waals surface area contributed by atoms with Gasteiger partial charge < -0.3 is 30.0 Å². The molecule has 37 heavy (non-hydrogen) atoms. The largest absolute Gasteiger partial charge is 0.496 e. The molecule has 2 aromatic carbocycles. The summed E-state index contributed by atoms with van der Waals surface area (Å²) in [5.74, 6) is -0.605. The Kier molecular flexibility index (Phi) is 9.36. The average Bonchev–Trinajstić information content (AvgIpc) is 2.84. The predicted molar refractivity (Wildman–Crippen MR) is 146 cm³/mol. The number of carbonyl (C=O) groups excluding carboxylic acids is 1. The quantitative estimate of drug-likeness (QED) is 0.270. The van der Waals surface area contributed by atoms with Crippen LogP contribution in [0.3, 0.4) is 0 Å². The highest BCUT2D eigenvalue weighted by atomic mass is 32.2. The van der Waals surface area contributed by atoms with Crippen LogP contribution in [0.1, 0.15) is 74.9 Å². The Balaban J connectivity index is 2.31. The molecule has 0 saturated carbocycles. The summed E-state index contributed by atoms with van der Waals surface area (Å²) in [5.41, 5.74) is 8.93. The number of anilines is 2. The molecule has 0 atom stereocenters. The molecule has 9 heteroatoms. The molecule has 0 spiro atoms. The van der Waals surface area contributed by atoms with Gasteiger partial charge in [-0.25, -0.2) is 4.79 Å². The third kappa shape index (κ3) is 6.33. The normalized spacial score (nSPS) is 12.6. The number of fused-ring (bicyclic) bond motifs is 2. The molecule has 1 heterocycles. The number of ether oxygens (including phenoxy) is 3. The number of methoxy groups -OCH3 is 2. The Labute approximate surface area is 223 Å². The van der Waals surface area contributed by atoms with Crippen LogP contribution in [0.15, 0.2) is 28.0 Å². The van der Waals surface area contributed by atoms with Crippen molar-refractivity contribution in [2.75, 3.05) is 25.7 Å². The molecule has 1 aliphatic rings. The molecule has 1 aliphatic heterocycles. The van der Waals surface area contributed by atoms with Gasteiger partial charge in [-0.2, -0.15) is 0 Å². The van der Waals surface area contributed by atoms with E-state index in [1.807, 2.05) is 32.9 Å². The average molecular weight is 531 g/mol. The molecule has 3 N–H and O–H groups in total. The molecule has 8 nitrogen and oxygen atoms in total. The maximum Gasteiger partial charge on any atom is 0.343 e. The van der Waals surface area contributed by atoms with Crippen molar-refractivity contribution in [3.05, 3.63) is 34.9 Å². The summed E-state index contributed by atoms with van der Waals surface area (Å²) in [7, 11) is 3.04. The first kappa shape index (κ1) is 28.7. The standard InChI is InChI=1S/C28H38N2O6S/c1-7-8-9-10-13-30-19-11-12-20(34-5)23(27(33)36-28(2,3)4)26(19)37-25-18(15-22(31)32)21(35-6)14-17(16-29)24(25)30/h11-12,14H,7-10,13,15-16,29H2,1-6H3,(H,31,32). The second kappa shape index (κ2) is 12.1. The van der Waals surface area contributed by atoms with E-state index in [1.54, 1.807) is 6.07 Å². The first-order valence-corrected chi connectivity index (χ1v) is 13.4. The SMILES string of the molecule is CCCCCCN1c2ccc(OC)c(C(=O)OC(C)(C)C)c2Sc2c(CC(=O)O)c(OC)cc(CN)c21. The molecule has 2 aromatic rings. The fourth-order valence-corrected chi connectivity index (χ4v) is 5.90. The summed E-state index contributed by atoms with van der Waals surface area (Å²) in [6.45, 7) is 8.56. The number of carboxylic acid groups (broad SMARTS) is 1. The summed E-state index contributed by atoms with van der Waals surface area (Å²) in [5, 5.41) is 9.73. The summed E-state index contributed by atoms with van der Waals surface area (Å²) in [4.78, 5) is 28.9. The highest BCUT2D eigenvalue weighted by Gasteiger charge is 2.35. The molecular weight excluding hydrogens is 492 g/mol. The highest BCUT2D eigenvalue weighted by molar-refractivity contribution is 8.00. The number of hydrogen-bond acceptors (Lipinski definition) is 8. The van der Waals surface area contributed by atoms with E-state index < -0.39 is 17.5 Å². The van der Waals surface area contributed by atoms with Gasteiger partial charge in [0.15, 0.2) is 0 Å². The molecule has 0 bridgehead atoms. The zero-order chi connectivity index (χ0) is 27.3. The maximum atomic E-state index is 13.5. The minimum Gasteiger partial charge on any atom is -0.496 e. The second-order valence-electron chi connectivity index (χ2n) is 9.98. The Morgan fingerprint density at radius 2 is 1.76 bits per heavy atom. The molecule has 0 amide bonds. The van der Waals surface area contributed by atoms with E-state index in [0.29, 0.717) is 34.1 Å². The third-order valence-corrected chi connectivity index (χ3v) is 7.35. The van der Waals surface area contributed by atoms with Crippen LogP contribution in [0.4, 0.5) is 11.4 Å². The van der Waals surface area contributed by atoms with Crippen LogP contribution in [0.5, 0.6) is 11.5 Å². The van der Waals surface area contributed by atoms with E-state index >= 15 is 0 Å². The smallest absolute Gasteiger partial charge is 0.343 e. The summed E-state index contributed by atoms with van der Waals surface area (Å²) in [6, 6.07) is 5.56. The third-order valence-electron chi connectivity index (χ3n) is 6.09. The van der Waals surface area contributed by atoms with Gasteiger partial charge in [0.05, 0.1) is 36.9 Å². The van der Waals surface area contributed by atoms with E-state index in [9.17, 15) is 14.7 Å². The number of nitrogens with two attached hydrogens (primary N) is 1. The van der Waals surface area contributed by atoms with E-state index in [0.717, 1.165) is 47.5 Å². The molecule has 0 fully saturated rings.